The average Bonchev–Trinajstić information content (AvgIpc) is 3.20. The number of nitrogens with one attached hydrogen (secondary N) is 1. The van der Waals surface area contributed by atoms with Gasteiger partial charge in [-0.25, -0.2) is 12.7 Å². The molecule has 8 nitrogen and oxygen atoms in total. The van der Waals surface area contributed by atoms with Gasteiger partial charge in [0.25, 0.3) is 5.91 Å². The van der Waals surface area contributed by atoms with Crippen LogP contribution in [0.1, 0.15) is 22.5 Å². The molecule has 11 heteroatoms. The molecule has 0 saturated carbocycles. The molecule has 2 rings (SSSR count). The van der Waals surface area contributed by atoms with Gasteiger partial charge in [-0.1, -0.05) is 17.7 Å². The van der Waals surface area contributed by atoms with Crippen molar-refractivity contribution in [3.8, 4) is 0 Å². The van der Waals surface area contributed by atoms with Crippen LogP contribution in [0.2, 0.25) is 5.02 Å². The molecule has 0 aliphatic rings. The van der Waals surface area contributed by atoms with Crippen molar-refractivity contribution >= 4 is 56.3 Å². The maximum absolute atomic E-state index is 12.3. The summed E-state index contributed by atoms with van der Waals surface area (Å²) in [7, 11) is -1.07. The predicted molar refractivity (Wildman–Crippen MR) is 110 cm³/mol. The van der Waals surface area contributed by atoms with Crippen LogP contribution in [0.25, 0.3) is 0 Å². The predicted octanol–water partition coefficient (Wildman–Crippen LogP) is 2.80. The molecule has 0 atom stereocenters. The highest BCUT2D eigenvalue weighted by atomic mass is 35.5. The van der Waals surface area contributed by atoms with Crippen molar-refractivity contribution in [3.05, 3.63) is 45.6 Å². The highest BCUT2D eigenvalue weighted by Gasteiger charge is 2.21. The van der Waals surface area contributed by atoms with Crippen LogP contribution < -0.4 is 5.32 Å². The van der Waals surface area contributed by atoms with Gasteiger partial charge in [-0.05, 0) is 29.6 Å². The number of amides is 1. The minimum Gasteiger partial charge on any atom is -0.456 e. The lowest BCUT2D eigenvalue weighted by Crippen LogP contribution is -2.23. The van der Waals surface area contributed by atoms with E-state index in [4.69, 9.17) is 16.3 Å². The van der Waals surface area contributed by atoms with Crippen LogP contribution in [0.4, 0.5) is 5.69 Å². The van der Waals surface area contributed by atoms with Crippen molar-refractivity contribution in [2.45, 2.75) is 17.7 Å². The van der Waals surface area contributed by atoms with Crippen molar-refractivity contribution in [3.63, 3.8) is 0 Å². The highest BCUT2D eigenvalue weighted by Crippen LogP contribution is 2.26. The number of benzene rings is 1. The second kappa shape index (κ2) is 9.97. The number of Topliss-reactive ketones (excluding diaryl/α,β-unsaturated/α-hetero) is 1. The Morgan fingerprint density at radius 3 is 2.52 bits per heavy atom. The number of esters is 1. The van der Waals surface area contributed by atoms with E-state index in [1.54, 1.807) is 17.5 Å². The fraction of sp³-hybridized carbons (Fsp3) is 0.278. The van der Waals surface area contributed by atoms with Crippen LogP contribution in [0, 0.1) is 0 Å². The first-order valence-corrected chi connectivity index (χ1v) is 11.1. The fourth-order valence-corrected chi connectivity index (χ4v) is 4.25. The molecule has 0 saturated heterocycles. The van der Waals surface area contributed by atoms with Crippen LogP contribution in [-0.2, 0) is 24.3 Å². The summed E-state index contributed by atoms with van der Waals surface area (Å²) in [5.41, 5.74) is 0.184. The maximum atomic E-state index is 12.3. The Bertz CT molecular complexity index is 1000. The number of carbonyl (C=O) groups excluding carboxylic acids is 3. The minimum atomic E-state index is -3.79. The highest BCUT2D eigenvalue weighted by molar-refractivity contribution is 7.89. The third-order valence-electron chi connectivity index (χ3n) is 3.69. The maximum Gasteiger partial charge on any atom is 0.306 e. The standard InChI is InChI=1S/C18H19ClN2O6S2/c1-21(2)29(25,26)16-10-12(5-6-13(16)19)20-17(23)11-27-18(24)8-7-14(22)15-4-3-9-28-15/h3-6,9-10H,7-8,11H2,1-2H3,(H,20,23). The van der Waals surface area contributed by atoms with Crippen LogP contribution in [0.15, 0.2) is 40.6 Å². The van der Waals surface area contributed by atoms with E-state index < -0.39 is 28.5 Å². The number of ether oxygens (including phenoxy) is 1. The number of carbonyl (C=O) groups is 3. The first-order valence-electron chi connectivity index (χ1n) is 8.35. The number of halogens is 1. The second-order valence-corrected chi connectivity index (χ2v) is 9.52. The van der Waals surface area contributed by atoms with Gasteiger partial charge >= 0.3 is 5.97 Å². The SMILES string of the molecule is CN(C)S(=O)(=O)c1cc(NC(=O)COC(=O)CCC(=O)c2cccs2)ccc1Cl. The molecule has 1 aromatic heterocycles. The van der Waals surface area contributed by atoms with Gasteiger partial charge in [-0.2, -0.15) is 0 Å². The molecule has 1 amide bonds. The van der Waals surface area contributed by atoms with Gasteiger partial charge in [0.1, 0.15) is 4.90 Å². The Morgan fingerprint density at radius 2 is 1.90 bits per heavy atom. The molecular formula is C18H19ClN2O6S2. The summed E-state index contributed by atoms with van der Waals surface area (Å²) in [4.78, 5) is 35.9. The number of anilines is 1. The van der Waals surface area contributed by atoms with Crippen molar-refractivity contribution in [2.75, 3.05) is 26.0 Å². The Kier molecular flexibility index (Phi) is 7.91. The summed E-state index contributed by atoms with van der Waals surface area (Å²) in [6.07, 6.45) is -0.153. The number of nitrogens with zero attached hydrogens (tertiary/aromatic N) is 1. The van der Waals surface area contributed by atoms with Crippen molar-refractivity contribution in [1.82, 2.24) is 4.31 Å². The van der Waals surface area contributed by atoms with E-state index in [9.17, 15) is 22.8 Å². The summed E-state index contributed by atoms with van der Waals surface area (Å²) in [6.45, 7) is -0.565. The lowest BCUT2D eigenvalue weighted by molar-refractivity contribution is -0.147. The second-order valence-electron chi connectivity index (χ2n) is 6.04. The van der Waals surface area contributed by atoms with E-state index in [1.807, 2.05) is 0 Å². The molecule has 2 aromatic rings. The third-order valence-corrected chi connectivity index (χ3v) is 6.90. The minimum absolute atomic E-state index is 0.0100. The summed E-state index contributed by atoms with van der Waals surface area (Å²) < 4.78 is 30.4. The van der Waals surface area contributed by atoms with Gasteiger partial charge in [0.05, 0.1) is 16.3 Å². The van der Waals surface area contributed by atoms with E-state index >= 15 is 0 Å². The van der Waals surface area contributed by atoms with E-state index in [1.165, 1.54) is 43.6 Å². The lowest BCUT2D eigenvalue weighted by Gasteiger charge is -2.14. The van der Waals surface area contributed by atoms with Gasteiger partial charge in [-0.15, -0.1) is 11.3 Å². The van der Waals surface area contributed by atoms with Gasteiger partial charge in [0.2, 0.25) is 10.0 Å². The van der Waals surface area contributed by atoms with E-state index in [2.05, 4.69) is 5.32 Å². The average molecular weight is 459 g/mol. The zero-order valence-electron chi connectivity index (χ0n) is 15.7. The number of hydrogen-bond acceptors (Lipinski definition) is 7. The molecule has 29 heavy (non-hydrogen) atoms. The Labute approximate surface area is 177 Å². The molecule has 0 radical (unpaired) electrons. The molecule has 0 aliphatic carbocycles. The molecule has 1 aromatic carbocycles. The van der Waals surface area contributed by atoms with Crippen LogP contribution in [0.5, 0.6) is 0 Å². The zero-order valence-corrected chi connectivity index (χ0v) is 18.1. The fourth-order valence-electron chi connectivity index (χ4n) is 2.17. The molecule has 156 valence electrons. The van der Waals surface area contributed by atoms with Crippen molar-refractivity contribution in [2.24, 2.45) is 0 Å². The van der Waals surface area contributed by atoms with Gasteiger partial charge < -0.3 is 10.1 Å². The molecule has 0 aliphatic heterocycles. The summed E-state index contributed by atoms with van der Waals surface area (Å²) in [5, 5.41) is 4.22. The molecule has 0 unspecified atom stereocenters. The summed E-state index contributed by atoms with van der Waals surface area (Å²) >= 11 is 7.23. The Morgan fingerprint density at radius 1 is 1.17 bits per heavy atom. The largest absolute Gasteiger partial charge is 0.456 e. The number of ketones is 1. The van der Waals surface area contributed by atoms with E-state index in [0.29, 0.717) is 4.88 Å². The first kappa shape index (κ1) is 23.0. The normalized spacial score (nSPS) is 11.3. The summed E-state index contributed by atoms with van der Waals surface area (Å²) in [5.74, 6) is -1.51. The number of hydrogen-bond donors (Lipinski definition) is 1. The molecular weight excluding hydrogens is 440 g/mol. The Balaban J connectivity index is 1.88. The molecule has 1 heterocycles. The smallest absolute Gasteiger partial charge is 0.306 e. The third kappa shape index (κ3) is 6.36. The van der Waals surface area contributed by atoms with Gasteiger partial charge in [-0.3, -0.25) is 14.4 Å². The van der Waals surface area contributed by atoms with Crippen molar-refractivity contribution < 1.29 is 27.5 Å². The van der Waals surface area contributed by atoms with Crippen LogP contribution in [-0.4, -0.2) is 51.1 Å². The van der Waals surface area contributed by atoms with Crippen LogP contribution >= 0.6 is 22.9 Å². The molecule has 0 fully saturated rings. The van der Waals surface area contributed by atoms with Gasteiger partial charge in [0, 0.05) is 26.2 Å². The lowest BCUT2D eigenvalue weighted by atomic mass is 10.2. The summed E-state index contributed by atoms with van der Waals surface area (Å²) in [6, 6.07) is 7.40. The Hall–Kier alpha value is -2.27. The van der Waals surface area contributed by atoms with Crippen LogP contribution in [0.3, 0.4) is 0 Å². The number of rotatable bonds is 9. The topological polar surface area (TPSA) is 110 Å². The molecule has 0 spiro atoms. The number of thiophene rings is 1. The van der Waals surface area contributed by atoms with E-state index in [-0.39, 0.29) is 34.2 Å². The molecule has 1 N–H and O–H groups in total. The molecule has 0 bridgehead atoms. The van der Waals surface area contributed by atoms with E-state index in [0.717, 1.165) is 4.31 Å². The van der Waals surface area contributed by atoms with Crippen molar-refractivity contribution in [1.29, 1.82) is 0 Å². The first-order chi connectivity index (χ1) is 13.6. The van der Waals surface area contributed by atoms with Gasteiger partial charge in [0.15, 0.2) is 12.4 Å². The zero-order chi connectivity index (χ0) is 21.6. The quantitative estimate of drug-likeness (QED) is 0.457. The number of sulfonamides is 1. The monoisotopic (exact) mass is 458 g/mol.